The van der Waals surface area contributed by atoms with Gasteiger partial charge in [0.25, 0.3) is 5.91 Å². The summed E-state index contributed by atoms with van der Waals surface area (Å²) in [6.45, 7) is 0.885. The van der Waals surface area contributed by atoms with Crippen LogP contribution in [0.4, 0.5) is 26.3 Å². The Morgan fingerprint density at radius 2 is 1.55 bits per heavy atom. The number of amides is 1. The molecule has 1 aromatic rings. The SMILES string of the molecule is CCOC(=O)C1CCCCN1C(=O)COC(=O)c1cc(C(F)(F)F)cc(C(F)(F)F)c1. The molecule has 1 saturated heterocycles. The van der Waals surface area contributed by atoms with Crippen LogP contribution in [0.3, 0.4) is 0 Å². The molecule has 1 fully saturated rings. The van der Waals surface area contributed by atoms with E-state index in [1.165, 1.54) is 0 Å². The monoisotopic (exact) mass is 455 g/mol. The summed E-state index contributed by atoms with van der Waals surface area (Å²) < 4.78 is 87.0. The highest BCUT2D eigenvalue weighted by atomic mass is 19.4. The Labute approximate surface area is 173 Å². The van der Waals surface area contributed by atoms with Crippen LogP contribution in [0, 0.1) is 0 Å². The van der Waals surface area contributed by atoms with Crippen LogP contribution >= 0.6 is 0 Å². The zero-order valence-corrected chi connectivity index (χ0v) is 16.3. The number of alkyl halides is 6. The summed E-state index contributed by atoms with van der Waals surface area (Å²) in [6.07, 6.45) is -8.73. The number of carbonyl (C=O) groups is 3. The second kappa shape index (κ2) is 9.56. The second-order valence-electron chi connectivity index (χ2n) is 6.72. The van der Waals surface area contributed by atoms with Gasteiger partial charge in [0.15, 0.2) is 6.61 Å². The molecule has 2 rings (SSSR count). The largest absolute Gasteiger partial charge is 0.464 e. The van der Waals surface area contributed by atoms with Crippen LogP contribution in [0.25, 0.3) is 0 Å². The van der Waals surface area contributed by atoms with Gasteiger partial charge in [0, 0.05) is 6.54 Å². The minimum Gasteiger partial charge on any atom is -0.464 e. The third-order valence-electron chi connectivity index (χ3n) is 4.53. The zero-order valence-electron chi connectivity index (χ0n) is 16.3. The van der Waals surface area contributed by atoms with E-state index in [1.807, 2.05) is 0 Å². The molecule has 1 unspecified atom stereocenters. The van der Waals surface area contributed by atoms with Gasteiger partial charge in [0.05, 0.1) is 23.3 Å². The lowest BCUT2D eigenvalue weighted by Gasteiger charge is -2.33. The summed E-state index contributed by atoms with van der Waals surface area (Å²) in [7, 11) is 0. The molecule has 6 nitrogen and oxygen atoms in total. The fourth-order valence-electron chi connectivity index (χ4n) is 3.08. The molecule has 0 aliphatic carbocycles. The number of ether oxygens (including phenoxy) is 2. The van der Waals surface area contributed by atoms with E-state index < -0.39 is 59.5 Å². The third kappa shape index (κ3) is 6.34. The molecule has 1 amide bonds. The standard InChI is InChI=1S/C19H19F6NO5/c1-2-30-17(29)14-5-3-4-6-26(14)15(27)10-31-16(28)11-7-12(18(20,21)22)9-13(8-11)19(23,24)25/h7-9,14H,2-6,10H2,1H3. The van der Waals surface area contributed by atoms with Crippen molar-refractivity contribution in [3.63, 3.8) is 0 Å². The summed E-state index contributed by atoms with van der Waals surface area (Å²) in [6, 6.07) is -0.598. The second-order valence-corrected chi connectivity index (χ2v) is 6.72. The van der Waals surface area contributed by atoms with E-state index in [-0.39, 0.29) is 31.4 Å². The molecular formula is C19H19F6NO5. The molecule has 0 spiro atoms. The van der Waals surface area contributed by atoms with Crippen molar-refractivity contribution in [3.8, 4) is 0 Å². The van der Waals surface area contributed by atoms with E-state index in [2.05, 4.69) is 4.74 Å². The van der Waals surface area contributed by atoms with Gasteiger partial charge < -0.3 is 14.4 Å². The lowest BCUT2D eigenvalue weighted by Crippen LogP contribution is -2.50. The molecule has 1 aliphatic heterocycles. The number of piperidine rings is 1. The number of carbonyl (C=O) groups excluding carboxylic acids is 3. The zero-order chi connectivity index (χ0) is 23.4. The minimum absolute atomic E-state index is 0.0867. The maximum absolute atomic E-state index is 12.9. The summed E-state index contributed by atoms with van der Waals surface area (Å²) >= 11 is 0. The van der Waals surface area contributed by atoms with Crippen molar-refractivity contribution in [2.45, 2.75) is 44.6 Å². The Hall–Kier alpha value is -2.79. The molecule has 0 aromatic heterocycles. The van der Waals surface area contributed by atoms with Crippen molar-refractivity contribution in [1.29, 1.82) is 0 Å². The van der Waals surface area contributed by atoms with E-state index in [0.717, 1.165) is 4.90 Å². The van der Waals surface area contributed by atoms with Gasteiger partial charge in [-0.05, 0) is 44.4 Å². The van der Waals surface area contributed by atoms with Gasteiger partial charge in [0.1, 0.15) is 6.04 Å². The van der Waals surface area contributed by atoms with Crippen molar-refractivity contribution in [1.82, 2.24) is 4.90 Å². The van der Waals surface area contributed by atoms with Crippen LogP contribution in [-0.4, -0.2) is 48.5 Å². The summed E-state index contributed by atoms with van der Waals surface area (Å²) in [5.41, 5.74) is -4.37. The predicted molar refractivity (Wildman–Crippen MR) is 92.7 cm³/mol. The molecule has 0 radical (unpaired) electrons. The fourth-order valence-corrected chi connectivity index (χ4v) is 3.08. The molecule has 0 saturated carbocycles. The van der Waals surface area contributed by atoms with E-state index in [1.54, 1.807) is 6.92 Å². The van der Waals surface area contributed by atoms with Crippen LogP contribution in [0.15, 0.2) is 18.2 Å². The maximum atomic E-state index is 12.9. The average Bonchev–Trinajstić information content (AvgIpc) is 2.70. The van der Waals surface area contributed by atoms with E-state index in [0.29, 0.717) is 19.3 Å². The highest BCUT2D eigenvalue weighted by Crippen LogP contribution is 2.36. The van der Waals surface area contributed by atoms with Crippen molar-refractivity contribution >= 4 is 17.8 Å². The van der Waals surface area contributed by atoms with Crippen LogP contribution < -0.4 is 0 Å². The lowest BCUT2D eigenvalue weighted by atomic mass is 10.0. The van der Waals surface area contributed by atoms with Crippen LogP contribution in [-0.2, 0) is 31.4 Å². The van der Waals surface area contributed by atoms with Crippen molar-refractivity contribution < 1.29 is 50.2 Å². The van der Waals surface area contributed by atoms with Crippen molar-refractivity contribution in [3.05, 3.63) is 34.9 Å². The summed E-state index contributed by atoms with van der Waals surface area (Å²) in [5.74, 6) is -2.99. The van der Waals surface area contributed by atoms with Crippen LogP contribution in [0.5, 0.6) is 0 Å². The Bertz CT molecular complexity index is 804. The Kier molecular flexibility index (Phi) is 7.55. The van der Waals surface area contributed by atoms with Gasteiger partial charge >= 0.3 is 24.3 Å². The molecule has 1 atom stereocenters. The number of hydrogen-bond donors (Lipinski definition) is 0. The van der Waals surface area contributed by atoms with E-state index >= 15 is 0 Å². The van der Waals surface area contributed by atoms with Gasteiger partial charge in [-0.3, -0.25) is 4.79 Å². The first-order chi connectivity index (χ1) is 14.3. The highest BCUT2D eigenvalue weighted by Gasteiger charge is 2.38. The summed E-state index contributed by atoms with van der Waals surface area (Å²) in [4.78, 5) is 37.6. The third-order valence-corrected chi connectivity index (χ3v) is 4.53. The predicted octanol–water partition coefficient (Wildman–Crippen LogP) is 3.83. The molecule has 1 heterocycles. The number of nitrogens with zero attached hydrogens (tertiary/aromatic N) is 1. The van der Waals surface area contributed by atoms with Crippen molar-refractivity contribution in [2.24, 2.45) is 0 Å². The normalized spacial score (nSPS) is 17.3. The molecule has 1 aliphatic rings. The maximum Gasteiger partial charge on any atom is 0.416 e. The first-order valence-electron chi connectivity index (χ1n) is 9.27. The molecular weight excluding hydrogens is 436 g/mol. The highest BCUT2D eigenvalue weighted by molar-refractivity contribution is 5.92. The molecule has 12 heteroatoms. The van der Waals surface area contributed by atoms with E-state index in [9.17, 15) is 40.7 Å². The summed E-state index contributed by atoms with van der Waals surface area (Å²) in [5, 5.41) is 0. The lowest BCUT2D eigenvalue weighted by molar-refractivity contribution is -0.157. The van der Waals surface area contributed by atoms with Gasteiger partial charge in [-0.1, -0.05) is 0 Å². The number of rotatable bonds is 5. The number of benzene rings is 1. The number of esters is 2. The van der Waals surface area contributed by atoms with Gasteiger partial charge in [-0.25, -0.2) is 9.59 Å². The fraction of sp³-hybridized carbons (Fsp3) is 0.526. The number of hydrogen-bond acceptors (Lipinski definition) is 5. The van der Waals surface area contributed by atoms with Gasteiger partial charge in [0.2, 0.25) is 0 Å². The molecule has 1 aromatic carbocycles. The topological polar surface area (TPSA) is 72.9 Å². The Balaban J connectivity index is 2.16. The van der Waals surface area contributed by atoms with Gasteiger partial charge in [-0.15, -0.1) is 0 Å². The van der Waals surface area contributed by atoms with E-state index in [4.69, 9.17) is 4.74 Å². The average molecular weight is 455 g/mol. The van der Waals surface area contributed by atoms with Crippen LogP contribution in [0.2, 0.25) is 0 Å². The molecule has 0 N–H and O–H groups in total. The smallest absolute Gasteiger partial charge is 0.416 e. The molecule has 31 heavy (non-hydrogen) atoms. The van der Waals surface area contributed by atoms with Crippen molar-refractivity contribution in [2.75, 3.05) is 19.8 Å². The van der Waals surface area contributed by atoms with Crippen LogP contribution in [0.1, 0.15) is 47.7 Å². The Morgan fingerprint density at radius 1 is 0.968 bits per heavy atom. The first-order valence-corrected chi connectivity index (χ1v) is 9.27. The Morgan fingerprint density at radius 3 is 2.06 bits per heavy atom. The molecule has 0 bridgehead atoms. The first kappa shape index (κ1) is 24.5. The minimum atomic E-state index is -5.13. The number of likely N-dealkylation sites (tertiary alicyclic amines) is 1. The van der Waals surface area contributed by atoms with Gasteiger partial charge in [-0.2, -0.15) is 26.3 Å². The quantitative estimate of drug-likeness (QED) is 0.499. The molecule has 172 valence electrons. The number of halogens is 6.